The number of anilines is 1. The molecule has 1 amide bonds. The van der Waals surface area contributed by atoms with E-state index in [1.807, 2.05) is 0 Å². The van der Waals surface area contributed by atoms with Crippen LogP contribution in [0, 0.1) is 5.92 Å². The first-order valence-electron chi connectivity index (χ1n) is 4.98. The summed E-state index contributed by atoms with van der Waals surface area (Å²) in [5, 5.41) is 3.99. The second kappa shape index (κ2) is 3.96. The summed E-state index contributed by atoms with van der Waals surface area (Å²) < 4.78 is 6.25. The SMILES string of the molecule is COC(=O)[C@@H]1CC(=O)N(c2cnn(C)c2)C1. The molecule has 0 saturated carbocycles. The quantitative estimate of drug-likeness (QED) is 0.659. The summed E-state index contributed by atoms with van der Waals surface area (Å²) in [5.74, 6) is -0.763. The van der Waals surface area contributed by atoms with Crippen molar-refractivity contribution in [2.24, 2.45) is 13.0 Å². The number of nitrogens with zero attached hydrogens (tertiary/aromatic N) is 3. The molecule has 1 fully saturated rings. The Morgan fingerprint density at radius 3 is 2.94 bits per heavy atom. The van der Waals surface area contributed by atoms with E-state index in [2.05, 4.69) is 9.84 Å². The van der Waals surface area contributed by atoms with Crippen molar-refractivity contribution in [2.45, 2.75) is 6.42 Å². The zero-order chi connectivity index (χ0) is 11.7. The van der Waals surface area contributed by atoms with Crippen molar-refractivity contribution in [3.05, 3.63) is 12.4 Å². The lowest BCUT2D eigenvalue weighted by atomic mass is 10.1. The molecule has 86 valence electrons. The first-order chi connectivity index (χ1) is 7.61. The van der Waals surface area contributed by atoms with Crippen LogP contribution in [0.15, 0.2) is 12.4 Å². The van der Waals surface area contributed by atoms with Gasteiger partial charge < -0.3 is 9.64 Å². The van der Waals surface area contributed by atoms with Crippen molar-refractivity contribution >= 4 is 17.6 Å². The van der Waals surface area contributed by atoms with Crippen LogP contribution in [0.5, 0.6) is 0 Å². The number of aromatic nitrogens is 2. The number of amides is 1. The Morgan fingerprint density at radius 1 is 1.62 bits per heavy atom. The van der Waals surface area contributed by atoms with Gasteiger partial charge in [-0.15, -0.1) is 0 Å². The molecule has 0 unspecified atom stereocenters. The molecule has 2 rings (SSSR count). The Labute approximate surface area is 92.8 Å². The topological polar surface area (TPSA) is 64.4 Å². The number of methoxy groups -OCH3 is 1. The Morgan fingerprint density at radius 2 is 2.38 bits per heavy atom. The van der Waals surface area contributed by atoms with Crippen LogP contribution in [0.1, 0.15) is 6.42 Å². The third-order valence-electron chi connectivity index (χ3n) is 2.66. The summed E-state index contributed by atoms with van der Waals surface area (Å²) in [6, 6.07) is 0. The van der Waals surface area contributed by atoms with E-state index < -0.39 is 0 Å². The lowest BCUT2D eigenvalue weighted by Gasteiger charge is -2.13. The Balaban J connectivity index is 2.14. The number of carbonyl (C=O) groups excluding carboxylic acids is 2. The van der Waals surface area contributed by atoms with E-state index in [0.717, 1.165) is 5.69 Å². The Kier molecular flexibility index (Phi) is 2.64. The largest absolute Gasteiger partial charge is 0.469 e. The van der Waals surface area contributed by atoms with E-state index >= 15 is 0 Å². The van der Waals surface area contributed by atoms with E-state index in [9.17, 15) is 9.59 Å². The van der Waals surface area contributed by atoms with E-state index in [0.29, 0.717) is 6.54 Å². The van der Waals surface area contributed by atoms with Gasteiger partial charge in [0.2, 0.25) is 5.91 Å². The molecule has 0 aromatic carbocycles. The minimum absolute atomic E-state index is 0.0663. The van der Waals surface area contributed by atoms with Crippen molar-refractivity contribution in [1.82, 2.24) is 9.78 Å². The third kappa shape index (κ3) is 1.78. The monoisotopic (exact) mass is 223 g/mol. The predicted molar refractivity (Wildman–Crippen MR) is 55.7 cm³/mol. The van der Waals surface area contributed by atoms with E-state index in [1.54, 1.807) is 29.0 Å². The van der Waals surface area contributed by atoms with Crippen LogP contribution in [-0.4, -0.2) is 35.3 Å². The summed E-state index contributed by atoms with van der Waals surface area (Å²) in [4.78, 5) is 24.6. The molecule has 1 aliphatic heterocycles. The molecule has 1 saturated heterocycles. The summed E-state index contributed by atoms with van der Waals surface area (Å²) in [5.41, 5.74) is 0.721. The Hall–Kier alpha value is -1.85. The number of ether oxygens (including phenoxy) is 1. The molecular formula is C10H13N3O3. The van der Waals surface area contributed by atoms with Crippen LogP contribution >= 0.6 is 0 Å². The van der Waals surface area contributed by atoms with Gasteiger partial charge in [0.05, 0.1) is 24.9 Å². The van der Waals surface area contributed by atoms with Gasteiger partial charge in [0.1, 0.15) is 0 Å². The molecular weight excluding hydrogens is 210 g/mol. The van der Waals surface area contributed by atoms with Crippen LogP contribution in [0.4, 0.5) is 5.69 Å². The molecule has 0 N–H and O–H groups in total. The fourth-order valence-corrected chi connectivity index (χ4v) is 1.83. The zero-order valence-corrected chi connectivity index (χ0v) is 9.21. The number of hydrogen-bond acceptors (Lipinski definition) is 4. The van der Waals surface area contributed by atoms with Crippen LogP contribution in [0.3, 0.4) is 0 Å². The molecule has 6 heteroatoms. The van der Waals surface area contributed by atoms with E-state index in [4.69, 9.17) is 0 Å². The first-order valence-corrected chi connectivity index (χ1v) is 4.98. The number of hydrogen-bond donors (Lipinski definition) is 0. The van der Waals surface area contributed by atoms with Gasteiger partial charge in [0.15, 0.2) is 0 Å². The standard InChI is InChI=1S/C10H13N3O3/c1-12-6-8(4-11-12)13-5-7(3-9(13)14)10(15)16-2/h4,6-7H,3,5H2,1-2H3/t7-/m1/s1. The lowest BCUT2D eigenvalue weighted by Crippen LogP contribution is -2.25. The van der Waals surface area contributed by atoms with E-state index in [-0.39, 0.29) is 24.2 Å². The van der Waals surface area contributed by atoms with Crippen LogP contribution in [0.2, 0.25) is 0 Å². The first kappa shape index (κ1) is 10.7. The Bertz CT molecular complexity index is 427. The molecule has 2 heterocycles. The minimum atomic E-state index is -0.363. The lowest BCUT2D eigenvalue weighted by molar-refractivity contribution is -0.145. The maximum atomic E-state index is 11.7. The minimum Gasteiger partial charge on any atom is -0.469 e. The fraction of sp³-hybridized carbons (Fsp3) is 0.500. The second-order valence-electron chi connectivity index (χ2n) is 3.80. The van der Waals surface area contributed by atoms with E-state index in [1.165, 1.54) is 7.11 Å². The van der Waals surface area contributed by atoms with Crippen LogP contribution in [-0.2, 0) is 21.4 Å². The molecule has 0 radical (unpaired) electrons. The number of carbonyl (C=O) groups is 2. The zero-order valence-electron chi connectivity index (χ0n) is 9.21. The summed E-state index contributed by atoms with van der Waals surface area (Å²) in [6.45, 7) is 0.372. The van der Waals surface area contributed by atoms with Gasteiger partial charge in [-0.25, -0.2) is 0 Å². The van der Waals surface area contributed by atoms with Crippen molar-refractivity contribution in [2.75, 3.05) is 18.6 Å². The summed E-state index contributed by atoms with van der Waals surface area (Å²) >= 11 is 0. The highest BCUT2D eigenvalue weighted by molar-refractivity contribution is 5.99. The molecule has 1 atom stereocenters. The van der Waals surface area contributed by atoms with Gasteiger partial charge in [-0.2, -0.15) is 5.10 Å². The highest BCUT2D eigenvalue weighted by Crippen LogP contribution is 2.24. The van der Waals surface area contributed by atoms with Crippen LogP contribution < -0.4 is 4.90 Å². The molecule has 0 spiro atoms. The van der Waals surface area contributed by atoms with Gasteiger partial charge in [-0.1, -0.05) is 0 Å². The average Bonchev–Trinajstić information content (AvgIpc) is 2.83. The van der Waals surface area contributed by atoms with Gasteiger partial charge in [-0.05, 0) is 0 Å². The van der Waals surface area contributed by atoms with Crippen molar-refractivity contribution in [3.63, 3.8) is 0 Å². The van der Waals surface area contributed by atoms with Gasteiger partial charge >= 0.3 is 5.97 Å². The molecule has 16 heavy (non-hydrogen) atoms. The third-order valence-corrected chi connectivity index (χ3v) is 2.66. The summed E-state index contributed by atoms with van der Waals surface area (Å²) in [7, 11) is 3.11. The van der Waals surface area contributed by atoms with Crippen molar-refractivity contribution in [3.8, 4) is 0 Å². The van der Waals surface area contributed by atoms with Crippen LogP contribution in [0.25, 0.3) is 0 Å². The smallest absolute Gasteiger partial charge is 0.311 e. The average molecular weight is 223 g/mol. The molecule has 1 aromatic rings. The highest BCUT2D eigenvalue weighted by Gasteiger charge is 2.36. The maximum Gasteiger partial charge on any atom is 0.311 e. The molecule has 6 nitrogen and oxygen atoms in total. The van der Waals surface area contributed by atoms with Crippen molar-refractivity contribution < 1.29 is 14.3 Å². The highest BCUT2D eigenvalue weighted by atomic mass is 16.5. The maximum absolute atomic E-state index is 11.7. The predicted octanol–water partition coefficient (Wildman–Crippen LogP) is -0.0540. The summed E-state index contributed by atoms with van der Waals surface area (Å²) in [6.07, 6.45) is 3.57. The molecule has 1 aliphatic rings. The second-order valence-corrected chi connectivity index (χ2v) is 3.80. The van der Waals surface area contributed by atoms with Crippen molar-refractivity contribution in [1.29, 1.82) is 0 Å². The van der Waals surface area contributed by atoms with Gasteiger partial charge in [-0.3, -0.25) is 14.3 Å². The molecule has 1 aromatic heterocycles. The number of esters is 1. The normalized spacial score (nSPS) is 20.2. The number of aryl methyl sites for hydroxylation is 1. The fourth-order valence-electron chi connectivity index (χ4n) is 1.83. The molecule has 0 aliphatic carbocycles. The molecule has 0 bridgehead atoms. The number of rotatable bonds is 2. The van der Waals surface area contributed by atoms with Gasteiger partial charge in [0, 0.05) is 26.2 Å². The van der Waals surface area contributed by atoms with Gasteiger partial charge in [0.25, 0.3) is 0 Å².